The first kappa shape index (κ1) is 15.8. The van der Waals surface area contributed by atoms with Crippen LogP contribution in [0, 0.1) is 6.92 Å². The van der Waals surface area contributed by atoms with E-state index in [1.54, 1.807) is 6.07 Å². The average Bonchev–Trinajstić information content (AvgIpc) is 3.03. The fourth-order valence-electron chi connectivity index (χ4n) is 2.98. The quantitative estimate of drug-likeness (QED) is 0.853. The van der Waals surface area contributed by atoms with Crippen LogP contribution in [0.2, 0.25) is 0 Å². The third-order valence-corrected chi connectivity index (χ3v) is 4.21. The summed E-state index contributed by atoms with van der Waals surface area (Å²) >= 11 is 0. The normalized spacial score (nSPS) is 15.9. The number of fused-ring (bicyclic) bond motifs is 1. The summed E-state index contributed by atoms with van der Waals surface area (Å²) in [4.78, 5) is 14.2. The molecule has 1 aliphatic heterocycles. The zero-order chi connectivity index (χ0) is 16.4. The second kappa shape index (κ2) is 6.60. The number of ketones is 1. The van der Waals surface area contributed by atoms with Gasteiger partial charge < -0.3 is 19.0 Å². The van der Waals surface area contributed by atoms with E-state index in [0.717, 1.165) is 43.8 Å². The summed E-state index contributed by atoms with van der Waals surface area (Å²) in [5.74, 6) is -0.0317. The van der Waals surface area contributed by atoms with Crippen LogP contribution in [-0.4, -0.2) is 55.2 Å². The standard InChI is InChI=1S/C17H21NO5/c1-11-13-3-7-22-16(13)15(20)17(14(11)12(2)19)23-10-6-18-4-8-21-9-5-18/h3,7,20H,4-6,8-10H2,1-2H3. The largest absolute Gasteiger partial charge is 0.502 e. The highest BCUT2D eigenvalue weighted by molar-refractivity contribution is 6.05. The number of rotatable bonds is 5. The van der Waals surface area contributed by atoms with Crippen LogP contribution in [0.4, 0.5) is 0 Å². The molecule has 1 aromatic heterocycles. The zero-order valence-electron chi connectivity index (χ0n) is 13.4. The highest BCUT2D eigenvalue weighted by atomic mass is 16.5. The van der Waals surface area contributed by atoms with Gasteiger partial charge in [-0.1, -0.05) is 0 Å². The number of ether oxygens (including phenoxy) is 2. The van der Waals surface area contributed by atoms with Gasteiger partial charge in [-0.05, 0) is 25.5 Å². The summed E-state index contributed by atoms with van der Waals surface area (Å²) in [5, 5.41) is 11.2. The van der Waals surface area contributed by atoms with Gasteiger partial charge in [-0.25, -0.2) is 0 Å². The molecule has 2 heterocycles. The monoisotopic (exact) mass is 319 g/mol. The van der Waals surface area contributed by atoms with E-state index in [2.05, 4.69) is 4.90 Å². The maximum atomic E-state index is 12.0. The van der Waals surface area contributed by atoms with Crippen molar-refractivity contribution in [2.45, 2.75) is 13.8 Å². The SMILES string of the molecule is CC(=O)c1c(OCCN2CCOCC2)c(O)c2occc2c1C. The molecular weight excluding hydrogens is 298 g/mol. The summed E-state index contributed by atoms with van der Waals surface area (Å²) in [6.45, 7) is 7.60. The molecule has 1 fully saturated rings. The van der Waals surface area contributed by atoms with Crippen molar-refractivity contribution in [3.05, 3.63) is 23.5 Å². The van der Waals surface area contributed by atoms with Gasteiger partial charge in [-0.3, -0.25) is 9.69 Å². The predicted octanol–water partition coefficient (Wildman–Crippen LogP) is 2.36. The van der Waals surface area contributed by atoms with Crippen LogP contribution in [0.15, 0.2) is 16.7 Å². The molecule has 2 aromatic rings. The first-order valence-electron chi connectivity index (χ1n) is 7.76. The number of hydrogen-bond donors (Lipinski definition) is 1. The molecule has 1 saturated heterocycles. The van der Waals surface area contributed by atoms with E-state index in [1.165, 1.54) is 13.2 Å². The fraction of sp³-hybridized carbons (Fsp3) is 0.471. The number of benzene rings is 1. The molecule has 1 N–H and O–H groups in total. The molecular formula is C17H21NO5. The molecule has 0 radical (unpaired) electrons. The van der Waals surface area contributed by atoms with Crippen LogP contribution in [0.25, 0.3) is 11.0 Å². The second-order valence-corrected chi connectivity index (χ2v) is 5.70. The minimum Gasteiger partial charge on any atom is -0.502 e. The number of morpholine rings is 1. The van der Waals surface area contributed by atoms with E-state index in [1.807, 2.05) is 6.92 Å². The first-order chi connectivity index (χ1) is 11.1. The van der Waals surface area contributed by atoms with E-state index in [9.17, 15) is 9.90 Å². The Morgan fingerprint density at radius 2 is 2.13 bits per heavy atom. The van der Waals surface area contributed by atoms with Gasteiger partial charge in [0.25, 0.3) is 0 Å². The highest BCUT2D eigenvalue weighted by Crippen LogP contribution is 2.41. The molecule has 1 aliphatic rings. The lowest BCUT2D eigenvalue weighted by molar-refractivity contribution is 0.0320. The van der Waals surface area contributed by atoms with Crippen molar-refractivity contribution in [1.29, 1.82) is 0 Å². The summed E-state index contributed by atoms with van der Waals surface area (Å²) in [6, 6.07) is 1.74. The Balaban J connectivity index is 1.84. The van der Waals surface area contributed by atoms with E-state index < -0.39 is 0 Å². The zero-order valence-corrected chi connectivity index (χ0v) is 13.4. The predicted molar refractivity (Wildman–Crippen MR) is 85.4 cm³/mol. The fourth-order valence-corrected chi connectivity index (χ4v) is 2.98. The number of phenolic OH excluding ortho intramolecular Hbond substituents is 1. The minimum atomic E-state index is -0.137. The van der Waals surface area contributed by atoms with E-state index >= 15 is 0 Å². The molecule has 0 atom stereocenters. The van der Waals surface area contributed by atoms with Crippen LogP contribution in [-0.2, 0) is 4.74 Å². The Hall–Kier alpha value is -2.05. The van der Waals surface area contributed by atoms with Crippen molar-refractivity contribution < 1.29 is 23.8 Å². The molecule has 0 amide bonds. The molecule has 0 spiro atoms. The average molecular weight is 319 g/mol. The summed E-state index contributed by atoms with van der Waals surface area (Å²) < 4.78 is 16.4. The number of hydrogen-bond acceptors (Lipinski definition) is 6. The van der Waals surface area contributed by atoms with Crippen LogP contribution in [0.3, 0.4) is 0 Å². The first-order valence-corrected chi connectivity index (χ1v) is 7.76. The molecule has 3 rings (SSSR count). The number of furan rings is 1. The van der Waals surface area contributed by atoms with Crippen molar-refractivity contribution in [3.63, 3.8) is 0 Å². The van der Waals surface area contributed by atoms with Crippen molar-refractivity contribution in [2.75, 3.05) is 39.5 Å². The Morgan fingerprint density at radius 3 is 2.83 bits per heavy atom. The highest BCUT2D eigenvalue weighted by Gasteiger charge is 2.23. The molecule has 23 heavy (non-hydrogen) atoms. The number of phenols is 1. The molecule has 1 aromatic carbocycles. The van der Waals surface area contributed by atoms with Crippen molar-refractivity contribution in [3.8, 4) is 11.5 Å². The van der Waals surface area contributed by atoms with Gasteiger partial charge in [-0.2, -0.15) is 0 Å². The van der Waals surface area contributed by atoms with Gasteiger partial charge in [0.05, 0.1) is 25.0 Å². The maximum Gasteiger partial charge on any atom is 0.202 e. The Bertz CT molecular complexity index is 715. The maximum absolute atomic E-state index is 12.0. The van der Waals surface area contributed by atoms with Gasteiger partial charge in [0.2, 0.25) is 5.75 Å². The molecule has 6 nitrogen and oxygen atoms in total. The lowest BCUT2D eigenvalue weighted by Crippen LogP contribution is -2.38. The number of aryl methyl sites for hydroxylation is 1. The number of nitrogens with zero attached hydrogens (tertiary/aromatic N) is 1. The Kier molecular flexibility index (Phi) is 4.54. The summed E-state index contributed by atoms with van der Waals surface area (Å²) in [5.41, 5.74) is 1.53. The smallest absolute Gasteiger partial charge is 0.202 e. The van der Waals surface area contributed by atoms with Gasteiger partial charge in [0, 0.05) is 25.0 Å². The number of carbonyl (C=O) groups excluding carboxylic acids is 1. The number of Topliss-reactive ketones (excluding diaryl/α,β-unsaturated/α-hetero) is 1. The Morgan fingerprint density at radius 1 is 1.39 bits per heavy atom. The van der Waals surface area contributed by atoms with E-state index in [0.29, 0.717) is 17.8 Å². The third-order valence-electron chi connectivity index (χ3n) is 4.21. The molecule has 0 aliphatic carbocycles. The molecule has 6 heteroatoms. The van der Waals surface area contributed by atoms with Crippen LogP contribution >= 0.6 is 0 Å². The molecule has 124 valence electrons. The van der Waals surface area contributed by atoms with Gasteiger partial charge in [0.15, 0.2) is 17.1 Å². The second-order valence-electron chi connectivity index (χ2n) is 5.70. The third kappa shape index (κ3) is 3.04. The topological polar surface area (TPSA) is 72.1 Å². The van der Waals surface area contributed by atoms with Crippen molar-refractivity contribution in [2.24, 2.45) is 0 Å². The lowest BCUT2D eigenvalue weighted by Gasteiger charge is -2.26. The van der Waals surface area contributed by atoms with Crippen LogP contribution in [0.1, 0.15) is 22.8 Å². The summed E-state index contributed by atoms with van der Waals surface area (Å²) in [6.07, 6.45) is 1.50. The lowest BCUT2D eigenvalue weighted by atomic mass is 9.99. The number of aromatic hydroxyl groups is 1. The van der Waals surface area contributed by atoms with E-state index in [-0.39, 0.29) is 17.3 Å². The molecule has 0 bridgehead atoms. The van der Waals surface area contributed by atoms with E-state index in [4.69, 9.17) is 13.9 Å². The molecule has 0 unspecified atom stereocenters. The molecule has 0 saturated carbocycles. The van der Waals surface area contributed by atoms with Gasteiger partial charge >= 0.3 is 0 Å². The van der Waals surface area contributed by atoms with Gasteiger partial charge in [-0.15, -0.1) is 0 Å². The van der Waals surface area contributed by atoms with Crippen molar-refractivity contribution >= 4 is 16.8 Å². The Labute approximate surface area is 134 Å². The van der Waals surface area contributed by atoms with Crippen LogP contribution in [0.5, 0.6) is 11.5 Å². The summed E-state index contributed by atoms with van der Waals surface area (Å²) in [7, 11) is 0. The van der Waals surface area contributed by atoms with Crippen molar-refractivity contribution in [1.82, 2.24) is 4.90 Å². The van der Waals surface area contributed by atoms with Crippen LogP contribution < -0.4 is 4.74 Å². The minimum absolute atomic E-state index is 0.109. The number of carbonyl (C=O) groups is 1. The van der Waals surface area contributed by atoms with Gasteiger partial charge in [0.1, 0.15) is 6.61 Å².